The molecule has 0 aromatic rings. The summed E-state index contributed by atoms with van der Waals surface area (Å²) in [4.78, 5) is 10.4. The van der Waals surface area contributed by atoms with Crippen molar-refractivity contribution in [1.29, 1.82) is 0 Å². The maximum Gasteiger partial charge on any atom is 0.404 e. The van der Waals surface area contributed by atoms with Crippen LogP contribution in [0.3, 0.4) is 0 Å². The highest BCUT2D eigenvalue weighted by Crippen LogP contribution is 2.09. The molecule has 2 N–H and O–H groups in total. The highest BCUT2D eigenvalue weighted by molar-refractivity contribution is 5.64. The fourth-order valence-electron chi connectivity index (χ4n) is 2.52. The van der Waals surface area contributed by atoms with E-state index in [1.807, 2.05) is 0 Å². The van der Waals surface area contributed by atoms with Crippen molar-refractivity contribution in [3.63, 3.8) is 0 Å². The van der Waals surface area contributed by atoms with E-state index in [1.54, 1.807) is 0 Å². The molecule has 130 valence electrons. The van der Waals surface area contributed by atoms with Crippen molar-refractivity contribution in [2.45, 2.75) is 96.8 Å². The summed E-state index contributed by atoms with van der Waals surface area (Å²) < 4.78 is 4.69. The van der Waals surface area contributed by atoms with E-state index in [0.29, 0.717) is 6.61 Å². The van der Waals surface area contributed by atoms with E-state index in [2.05, 4.69) is 19.1 Å². The number of rotatable bonds is 16. The molecule has 0 saturated carbocycles. The molecule has 0 unspecified atom stereocenters. The van der Waals surface area contributed by atoms with Crippen molar-refractivity contribution >= 4 is 6.09 Å². The molecule has 0 rings (SSSR count). The van der Waals surface area contributed by atoms with E-state index in [0.717, 1.165) is 12.8 Å². The SMILES string of the molecule is CCCCCCCCC=CCCCCCCCCOC(N)=O. The highest BCUT2D eigenvalue weighted by Gasteiger charge is 1.94. The van der Waals surface area contributed by atoms with Gasteiger partial charge in [0.05, 0.1) is 6.61 Å². The Morgan fingerprint density at radius 2 is 1.23 bits per heavy atom. The number of primary amides is 1. The largest absolute Gasteiger partial charge is 0.450 e. The number of unbranched alkanes of at least 4 members (excludes halogenated alkanes) is 12. The topological polar surface area (TPSA) is 52.3 Å². The van der Waals surface area contributed by atoms with Gasteiger partial charge in [-0.15, -0.1) is 0 Å². The molecule has 3 heteroatoms. The lowest BCUT2D eigenvalue weighted by molar-refractivity contribution is 0.154. The molecular formula is C19H37NO2. The van der Waals surface area contributed by atoms with Gasteiger partial charge < -0.3 is 10.5 Å². The Morgan fingerprint density at radius 1 is 0.773 bits per heavy atom. The molecule has 0 fully saturated rings. The van der Waals surface area contributed by atoms with Gasteiger partial charge in [-0.25, -0.2) is 4.79 Å². The molecule has 0 bridgehead atoms. The second-order valence-corrected chi connectivity index (χ2v) is 6.11. The maximum absolute atomic E-state index is 10.4. The predicted octanol–water partition coefficient (Wildman–Crippen LogP) is 6.12. The molecule has 1 amide bonds. The monoisotopic (exact) mass is 311 g/mol. The van der Waals surface area contributed by atoms with E-state index < -0.39 is 6.09 Å². The van der Waals surface area contributed by atoms with Crippen LogP contribution in [-0.2, 0) is 4.74 Å². The number of carbonyl (C=O) groups is 1. The Balaban J connectivity index is 3.06. The molecule has 0 saturated heterocycles. The van der Waals surface area contributed by atoms with Crippen LogP contribution in [-0.4, -0.2) is 12.7 Å². The van der Waals surface area contributed by atoms with Gasteiger partial charge in [-0.3, -0.25) is 0 Å². The first-order chi connectivity index (χ1) is 10.8. The molecule has 3 nitrogen and oxygen atoms in total. The minimum absolute atomic E-state index is 0.469. The molecule has 0 atom stereocenters. The highest BCUT2D eigenvalue weighted by atomic mass is 16.5. The van der Waals surface area contributed by atoms with Gasteiger partial charge in [-0.2, -0.15) is 0 Å². The van der Waals surface area contributed by atoms with Gasteiger partial charge in [0.25, 0.3) is 0 Å². The third-order valence-corrected chi connectivity index (χ3v) is 3.90. The van der Waals surface area contributed by atoms with Gasteiger partial charge in [0.1, 0.15) is 0 Å². The lowest BCUT2D eigenvalue weighted by atomic mass is 10.1. The summed E-state index contributed by atoms with van der Waals surface area (Å²) >= 11 is 0. The Kier molecular flexibility index (Phi) is 17.2. The van der Waals surface area contributed by atoms with Crippen LogP contribution in [0, 0.1) is 0 Å². The van der Waals surface area contributed by atoms with E-state index in [4.69, 9.17) is 10.5 Å². The molecule has 0 aliphatic rings. The van der Waals surface area contributed by atoms with Crippen molar-refractivity contribution in [2.75, 3.05) is 6.61 Å². The fourth-order valence-corrected chi connectivity index (χ4v) is 2.52. The Hall–Kier alpha value is -0.990. The van der Waals surface area contributed by atoms with Gasteiger partial charge in [-0.05, 0) is 32.1 Å². The minimum atomic E-state index is -0.659. The number of ether oxygens (including phenoxy) is 1. The van der Waals surface area contributed by atoms with Crippen molar-refractivity contribution in [3.8, 4) is 0 Å². The smallest absolute Gasteiger partial charge is 0.404 e. The number of hydrogen-bond acceptors (Lipinski definition) is 2. The number of carbonyl (C=O) groups excluding carboxylic acids is 1. The quantitative estimate of drug-likeness (QED) is 0.276. The molecule has 0 aromatic carbocycles. The van der Waals surface area contributed by atoms with Crippen LogP contribution >= 0.6 is 0 Å². The normalized spacial score (nSPS) is 11.1. The number of amides is 1. The summed E-state index contributed by atoms with van der Waals surface area (Å²) in [5.74, 6) is 0. The summed E-state index contributed by atoms with van der Waals surface area (Å²) in [6.07, 6.45) is 22.0. The number of allylic oxidation sites excluding steroid dienone is 2. The Bertz CT molecular complexity index is 264. The van der Waals surface area contributed by atoms with Crippen molar-refractivity contribution in [1.82, 2.24) is 0 Å². The van der Waals surface area contributed by atoms with Crippen molar-refractivity contribution in [2.24, 2.45) is 5.73 Å². The molecule has 22 heavy (non-hydrogen) atoms. The second-order valence-electron chi connectivity index (χ2n) is 6.11. The third-order valence-electron chi connectivity index (χ3n) is 3.90. The van der Waals surface area contributed by atoms with Gasteiger partial charge in [0.2, 0.25) is 0 Å². The Morgan fingerprint density at radius 3 is 1.73 bits per heavy atom. The summed E-state index contributed by atoms with van der Waals surface area (Å²) in [5, 5.41) is 0. The number of nitrogens with two attached hydrogens (primary N) is 1. The van der Waals surface area contributed by atoms with Crippen LogP contribution in [0.1, 0.15) is 96.8 Å². The Labute approximate surface area is 137 Å². The zero-order valence-corrected chi connectivity index (χ0v) is 14.7. The maximum atomic E-state index is 10.4. The molecule has 0 heterocycles. The standard InChI is InChI=1S/C19H37NO2/c1-2-3-4-5-6-7-8-9-10-11-12-13-14-15-16-17-18-22-19(20)21/h9-10H,2-8,11-18H2,1H3,(H2,20,21). The van der Waals surface area contributed by atoms with Gasteiger partial charge in [0, 0.05) is 0 Å². The first-order valence-electron chi connectivity index (χ1n) is 9.34. The fraction of sp³-hybridized carbons (Fsp3) is 0.842. The van der Waals surface area contributed by atoms with Crippen LogP contribution in [0.25, 0.3) is 0 Å². The lowest BCUT2D eigenvalue weighted by Crippen LogP contribution is -2.13. The second kappa shape index (κ2) is 18.1. The first-order valence-corrected chi connectivity index (χ1v) is 9.34. The van der Waals surface area contributed by atoms with Gasteiger partial charge in [0.15, 0.2) is 0 Å². The molecule has 0 aliphatic heterocycles. The number of hydrogen-bond donors (Lipinski definition) is 1. The molecule has 0 aromatic heterocycles. The van der Waals surface area contributed by atoms with Crippen LogP contribution in [0.4, 0.5) is 4.79 Å². The lowest BCUT2D eigenvalue weighted by Gasteiger charge is -2.01. The van der Waals surface area contributed by atoms with E-state index >= 15 is 0 Å². The van der Waals surface area contributed by atoms with Crippen molar-refractivity contribution < 1.29 is 9.53 Å². The molecule has 0 spiro atoms. The van der Waals surface area contributed by atoms with Gasteiger partial charge in [-0.1, -0.05) is 76.9 Å². The zero-order valence-electron chi connectivity index (χ0n) is 14.7. The van der Waals surface area contributed by atoms with E-state index in [9.17, 15) is 4.79 Å². The summed E-state index contributed by atoms with van der Waals surface area (Å²) in [7, 11) is 0. The third kappa shape index (κ3) is 19.0. The van der Waals surface area contributed by atoms with Crippen LogP contribution in [0.15, 0.2) is 12.2 Å². The summed E-state index contributed by atoms with van der Waals surface area (Å²) in [6, 6.07) is 0. The zero-order chi connectivity index (χ0) is 16.3. The summed E-state index contributed by atoms with van der Waals surface area (Å²) in [6.45, 7) is 2.73. The average molecular weight is 312 g/mol. The molecule has 0 radical (unpaired) electrons. The average Bonchev–Trinajstić information content (AvgIpc) is 2.50. The minimum Gasteiger partial charge on any atom is -0.450 e. The predicted molar refractivity (Wildman–Crippen MR) is 95.0 cm³/mol. The van der Waals surface area contributed by atoms with Crippen molar-refractivity contribution in [3.05, 3.63) is 12.2 Å². The van der Waals surface area contributed by atoms with E-state index in [-0.39, 0.29) is 0 Å². The van der Waals surface area contributed by atoms with Crippen LogP contribution in [0.5, 0.6) is 0 Å². The van der Waals surface area contributed by atoms with Crippen LogP contribution in [0.2, 0.25) is 0 Å². The molecular weight excluding hydrogens is 274 g/mol. The van der Waals surface area contributed by atoms with E-state index in [1.165, 1.54) is 77.0 Å². The van der Waals surface area contributed by atoms with Gasteiger partial charge >= 0.3 is 6.09 Å². The molecule has 0 aliphatic carbocycles. The first kappa shape index (κ1) is 21.0. The summed E-state index contributed by atoms with van der Waals surface area (Å²) in [5.41, 5.74) is 4.89. The van der Waals surface area contributed by atoms with Crippen LogP contribution < -0.4 is 5.73 Å².